The van der Waals surface area contributed by atoms with Gasteiger partial charge in [-0.3, -0.25) is 10.2 Å². The van der Waals surface area contributed by atoms with Gasteiger partial charge in [-0.1, -0.05) is 0 Å². The van der Waals surface area contributed by atoms with Crippen LogP contribution < -0.4 is 11.3 Å². The van der Waals surface area contributed by atoms with E-state index in [0.717, 1.165) is 12.3 Å². The van der Waals surface area contributed by atoms with E-state index in [1.54, 1.807) is 0 Å². The van der Waals surface area contributed by atoms with Crippen LogP contribution in [0, 0.1) is 0 Å². The first-order chi connectivity index (χ1) is 7.55. The van der Waals surface area contributed by atoms with E-state index in [1.807, 2.05) is 0 Å². The van der Waals surface area contributed by atoms with Gasteiger partial charge in [0.25, 0.3) is 0 Å². The van der Waals surface area contributed by atoms with E-state index < -0.39 is 17.4 Å². The number of imidazole rings is 1. The van der Waals surface area contributed by atoms with Crippen molar-refractivity contribution in [2.75, 3.05) is 0 Å². The molecule has 2 aromatic rings. The van der Waals surface area contributed by atoms with Crippen molar-refractivity contribution in [3.63, 3.8) is 0 Å². The summed E-state index contributed by atoms with van der Waals surface area (Å²) in [4.78, 5) is 14.8. The highest BCUT2D eigenvalue weighted by Gasteiger charge is 2.40. The van der Waals surface area contributed by atoms with E-state index in [4.69, 9.17) is 0 Å². The smallest absolute Gasteiger partial charge is 0.307 e. The van der Waals surface area contributed by atoms with Gasteiger partial charge in [-0.15, -0.1) is 0 Å². The third-order valence-corrected chi connectivity index (χ3v) is 2.17. The molecule has 0 aliphatic rings. The molecule has 0 unspecified atom stereocenters. The number of hydrazine groups is 1. The Balaban J connectivity index is 2.50. The summed E-state index contributed by atoms with van der Waals surface area (Å²) in [7, 11) is 0. The predicted molar refractivity (Wildman–Crippen MR) is 51.4 cm³/mol. The van der Waals surface area contributed by atoms with Crippen molar-refractivity contribution in [2.45, 2.75) is 5.92 Å². The van der Waals surface area contributed by atoms with Gasteiger partial charge >= 0.3 is 11.8 Å². The summed E-state index contributed by atoms with van der Waals surface area (Å²) >= 11 is 0. The topological polar surface area (TPSA) is 72.4 Å². The lowest BCUT2D eigenvalue weighted by Gasteiger charge is -2.14. The Kier molecular flexibility index (Phi) is 2.31. The number of halogens is 2. The fraction of sp³-hybridized carbons (Fsp3) is 0.111. The minimum absolute atomic E-state index is 0.444. The molecule has 0 fully saturated rings. The van der Waals surface area contributed by atoms with Crippen molar-refractivity contribution in [2.24, 2.45) is 5.84 Å². The van der Waals surface area contributed by atoms with Crippen molar-refractivity contribution in [3.8, 4) is 0 Å². The van der Waals surface area contributed by atoms with Gasteiger partial charge in [-0.25, -0.2) is 10.8 Å². The Morgan fingerprint density at radius 1 is 1.50 bits per heavy atom. The van der Waals surface area contributed by atoms with Gasteiger partial charge in [0.1, 0.15) is 5.65 Å². The third-order valence-electron chi connectivity index (χ3n) is 2.17. The number of nitrogens with two attached hydrogens (primary N) is 1. The van der Waals surface area contributed by atoms with E-state index in [0.29, 0.717) is 5.65 Å². The first-order valence-electron chi connectivity index (χ1n) is 4.38. The molecule has 1 amide bonds. The molecule has 5 nitrogen and oxygen atoms in total. The second kappa shape index (κ2) is 3.53. The molecule has 0 atom stereocenters. The summed E-state index contributed by atoms with van der Waals surface area (Å²) < 4.78 is 28.3. The van der Waals surface area contributed by atoms with Crippen LogP contribution in [-0.4, -0.2) is 15.3 Å². The summed E-state index contributed by atoms with van der Waals surface area (Å²) in [5.41, 5.74) is 1.51. The number of nitrogens with one attached hydrogen (secondary N) is 1. The van der Waals surface area contributed by atoms with Crippen LogP contribution >= 0.6 is 0 Å². The molecule has 16 heavy (non-hydrogen) atoms. The first kappa shape index (κ1) is 10.5. The number of carbonyl (C=O) groups excluding carboxylic acids is 1. The van der Waals surface area contributed by atoms with Crippen molar-refractivity contribution in [1.29, 1.82) is 0 Å². The Morgan fingerprint density at radius 3 is 2.94 bits per heavy atom. The maximum absolute atomic E-state index is 13.5. The van der Waals surface area contributed by atoms with Crippen LogP contribution in [0.2, 0.25) is 0 Å². The van der Waals surface area contributed by atoms with Gasteiger partial charge < -0.3 is 4.40 Å². The number of alkyl halides is 2. The Hall–Kier alpha value is -2.02. The molecular weight excluding hydrogens is 218 g/mol. The fourth-order valence-electron chi connectivity index (χ4n) is 1.33. The second-order valence-corrected chi connectivity index (χ2v) is 3.16. The zero-order valence-electron chi connectivity index (χ0n) is 8.02. The standard InChI is InChI=1S/C9H8F2N4O/c10-9(11,8(16)14-12)6-1-2-7-13-3-4-15(7)5-6/h1-5H,12H2,(H,14,16). The minimum Gasteiger partial charge on any atom is -0.307 e. The molecule has 3 N–H and O–H groups in total. The van der Waals surface area contributed by atoms with Crippen LogP contribution in [-0.2, 0) is 10.7 Å². The van der Waals surface area contributed by atoms with Crippen LogP contribution in [0.5, 0.6) is 0 Å². The maximum atomic E-state index is 13.5. The largest absolute Gasteiger partial charge is 0.352 e. The van der Waals surface area contributed by atoms with Crippen LogP contribution in [0.4, 0.5) is 8.78 Å². The highest BCUT2D eigenvalue weighted by atomic mass is 19.3. The van der Waals surface area contributed by atoms with Crippen LogP contribution in [0.25, 0.3) is 5.65 Å². The molecule has 84 valence electrons. The number of hydrogen-bond donors (Lipinski definition) is 2. The molecule has 0 saturated heterocycles. The summed E-state index contributed by atoms with van der Waals surface area (Å²) in [6.45, 7) is 0. The molecule has 0 bridgehead atoms. The van der Waals surface area contributed by atoms with Crippen LogP contribution in [0.1, 0.15) is 5.56 Å². The zero-order chi connectivity index (χ0) is 11.8. The van der Waals surface area contributed by atoms with Crippen molar-refractivity contribution >= 4 is 11.6 Å². The third kappa shape index (κ3) is 1.50. The number of fused-ring (bicyclic) bond motifs is 1. The van der Waals surface area contributed by atoms with Crippen LogP contribution in [0.15, 0.2) is 30.7 Å². The SMILES string of the molecule is NNC(=O)C(F)(F)c1ccc2nccn2c1. The van der Waals surface area contributed by atoms with Gasteiger partial charge in [0.2, 0.25) is 0 Å². The lowest BCUT2D eigenvalue weighted by molar-refractivity contribution is -0.147. The number of nitrogens with zero attached hydrogens (tertiary/aromatic N) is 2. The molecule has 0 radical (unpaired) electrons. The van der Waals surface area contributed by atoms with Gasteiger partial charge in [-0.05, 0) is 12.1 Å². The quantitative estimate of drug-likeness (QED) is 0.442. The van der Waals surface area contributed by atoms with E-state index in [-0.39, 0.29) is 0 Å². The van der Waals surface area contributed by atoms with Gasteiger partial charge in [-0.2, -0.15) is 8.78 Å². The molecule has 2 aromatic heterocycles. The van der Waals surface area contributed by atoms with Crippen molar-refractivity contribution in [1.82, 2.24) is 14.8 Å². The maximum Gasteiger partial charge on any atom is 0.352 e. The van der Waals surface area contributed by atoms with Gasteiger partial charge in [0.05, 0.1) is 0 Å². The van der Waals surface area contributed by atoms with Crippen LogP contribution in [0.3, 0.4) is 0 Å². The Morgan fingerprint density at radius 2 is 2.25 bits per heavy atom. The second-order valence-electron chi connectivity index (χ2n) is 3.16. The number of pyridine rings is 1. The predicted octanol–water partition coefficient (Wildman–Crippen LogP) is 0.416. The average molecular weight is 226 g/mol. The Labute approximate surface area is 88.9 Å². The normalized spacial score (nSPS) is 11.7. The Bertz CT molecular complexity index is 537. The molecule has 0 saturated carbocycles. The fourth-order valence-corrected chi connectivity index (χ4v) is 1.33. The molecular formula is C9H8F2N4O. The summed E-state index contributed by atoms with van der Waals surface area (Å²) in [6, 6.07) is 2.53. The molecule has 2 heterocycles. The number of carbonyl (C=O) groups is 1. The molecule has 2 rings (SSSR count). The minimum atomic E-state index is -3.66. The molecule has 0 aliphatic carbocycles. The van der Waals surface area contributed by atoms with Crippen molar-refractivity contribution in [3.05, 3.63) is 36.3 Å². The monoisotopic (exact) mass is 226 g/mol. The molecule has 7 heteroatoms. The summed E-state index contributed by atoms with van der Waals surface area (Å²) in [5, 5.41) is 0. The highest BCUT2D eigenvalue weighted by molar-refractivity contribution is 5.84. The van der Waals surface area contributed by atoms with E-state index in [9.17, 15) is 13.6 Å². The molecule has 0 spiro atoms. The highest BCUT2D eigenvalue weighted by Crippen LogP contribution is 2.27. The summed E-state index contributed by atoms with van der Waals surface area (Å²) in [5.74, 6) is -0.519. The number of amides is 1. The molecule has 0 aliphatic heterocycles. The average Bonchev–Trinajstić information content (AvgIpc) is 2.74. The lowest BCUT2D eigenvalue weighted by Crippen LogP contribution is -2.42. The first-order valence-corrected chi connectivity index (χ1v) is 4.38. The van der Waals surface area contributed by atoms with E-state index in [2.05, 4.69) is 10.8 Å². The summed E-state index contributed by atoms with van der Waals surface area (Å²) in [6.07, 6.45) is 4.12. The van der Waals surface area contributed by atoms with E-state index >= 15 is 0 Å². The number of aromatic nitrogens is 2. The molecule has 0 aromatic carbocycles. The number of rotatable bonds is 2. The zero-order valence-corrected chi connectivity index (χ0v) is 8.02. The van der Waals surface area contributed by atoms with E-state index in [1.165, 1.54) is 28.3 Å². The number of hydrogen-bond acceptors (Lipinski definition) is 3. The van der Waals surface area contributed by atoms with Crippen molar-refractivity contribution < 1.29 is 13.6 Å². The van der Waals surface area contributed by atoms with Gasteiger partial charge in [0.15, 0.2) is 0 Å². The van der Waals surface area contributed by atoms with Gasteiger partial charge in [0, 0.05) is 24.2 Å². The lowest BCUT2D eigenvalue weighted by atomic mass is 10.1.